The largest absolute Gasteiger partial charge is 0.377 e. The van der Waals surface area contributed by atoms with Crippen LogP contribution in [0.3, 0.4) is 0 Å². The van der Waals surface area contributed by atoms with Crippen LogP contribution in [0.25, 0.3) is 0 Å². The van der Waals surface area contributed by atoms with Crippen molar-refractivity contribution >= 4 is 11.6 Å². The summed E-state index contributed by atoms with van der Waals surface area (Å²) in [4.78, 5) is 18.2. The molecule has 0 spiro atoms. The summed E-state index contributed by atoms with van der Waals surface area (Å²) < 4.78 is 5.39. The summed E-state index contributed by atoms with van der Waals surface area (Å²) in [6.45, 7) is 5.14. The summed E-state index contributed by atoms with van der Waals surface area (Å²) >= 11 is 0. The Bertz CT molecular complexity index is 565. The number of nitriles is 1. The minimum Gasteiger partial charge on any atom is -0.377 e. The van der Waals surface area contributed by atoms with Gasteiger partial charge in [-0.15, -0.1) is 0 Å². The van der Waals surface area contributed by atoms with Crippen molar-refractivity contribution in [3.05, 3.63) is 23.0 Å². The highest BCUT2D eigenvalue weighted by Crippen LogP contribution is 2.26. The molecule has 2 rings (SSSR count). The third-order valence-corrected chi connectivity index (χ3v) is 3.41. The van der Waals surface area contributed by atoms with Gasteiger partial charge in [0.2, 0.25) is 5.91 Å². The Morgan fingerprint density at radius 1 is 1.60 bits per heavy atom. The van der Waals surface area contributed by atoms with E-state index in [-0.39, 0.29) is 5.91 Å². The van der Waals surface area contributed by atoms with Crippen molar-refractivity contribution in [1.82, 2.24) is 10.3 Å². The highest BCUT2D eigenvalue weighted by Gasteiger charge is 2.31. The number of nitrogens with one attached hydrogen (secondary N) is 1. The van der Waals surface area contributed by atoms with E-state index in [0.717, 1.165) is 11.4 Å². The standard InChI is InChI=1S/C14H18N4O2/c1-9-6-12(11(7-15)10(2)17-9)18-4-5-20-8-13(18)14(19)16-3/h6,13H,4-5,8H2,1-3H3,(H,16,19). The number of aromatic nitrogens is 1. The number of ether oxygens (including phenoxy) is 1. The van der Waals surface area contributed by atoms with Gasteiger partial charge in [-0.1, -0.05) is 0 Å². The average molecular weight is 274 g/mol. The molecule has 0 bridgehead atoms. The lowest BCUT2D eigenvalue weighted by atomic mass is 10.1. The molecule has 6 heteroatoms. The van der Waals surface area contributed by atoms with E-state index >= 15 is 0 Å². The maximum atomic E-state index is 12.0. The number of amides is 1. The van der Waals surface area contributed by atoms with Crippen LogP contribution in [-0.4, -0.2) is 43.7 Å². The van der Waals surface area contributed by atoms with Gasteiger partial charge in [0.1, 0.15) is 12.1 Å². The summed E-state index contributed by atoms with van der Waals surface area (Å²) in [7, 11) is 1.60. The van der Waals surface area contributed by atoms with Gasteiger partial charge in [0.15, 0.2) is 0 Å². The minimum absolute atomic E-state index is 0.110. The molecule has 0 radical (unpaired) electrons. The molecule has 1 unspecified atom stereocenters. The maximum Gasteiger partial charge on any atom is 0.244 e. The summed E-state index contributed by atoms with van der Waals surface area (Å²) in [5.41, 5.74) is 2.80. The molecule has 106 valence electrons. The summed E-state index contributed by atoms with van der Waals surface area (Å²) in [6.07, 6.45) is 0. The molecule has 6 nitrogen and oxygen atoms in total. The van der Waals surface area contributed by atoms with E-state index in [1.807, 2.05) is 24.8 Å². The Balaban J connectivity index is 2.47. The Labute approximate surface area is 118 Å². The van der Waals surface area contributed by atoms with Crippen molar-refractivity contribution in [3.63, 3.8) is 0 Å². The van der Waals surface area contributed by atoms with Crippen molar-refractivity contribution in [3.8, 4) is 6.07 Å². The van der Waals surface area contributed by atoms with Crippen LogP contribution in [0, 0.1) is 25.2 Å². The van der Waals surface area contributed by atoms with E-state index in [4.69, 9.17) is 4.74 Å². The molecule has 1 aromatic rings. The van der Waals surface area contributed by atoms with Gasteiger partial charge in [-0.25, -0.2) is 0 Å². The van der Waals surface area contributed by atoms with Crippen LogP contribution in [0.2, 0.25) is 0 Å². The lowest BCUT2D eigenvalue weighted by Crippen LogP contribution is -2.53. The number of rotatable bonds is 2. The zero-order valence-corrected chi connectivity index (χ0v) is 11.9. The van der Waals surface area contributed by atoms with Crippen molar-refractivity contribution in [2.75, 3.05) is 31.7 Å². The molecule has 0 aromatic carbocycles. The third-order valence-electron chi connectivity index (χ3n) is 3.41. The Morgan fingerprint density at radius 3 is 3.00 bits per heavy atom. The van der Waals surface area contributed by atoms with Crippen LogP contribution < -0.4 is 10.2 Å². The monoisotopic (exact) mass is 274 g/mol. The molecule has 1 aliphatic rings. The van der Waals surface area contributed by atoms with Crippen LogP contribution in [0.4, 0.5) is 5.69 Å². The average Bonchev–Trinajstić information content (AvgIpc) is 2.45. The molecule has 1 aromatic heterocycles. The maximum absolute atomic E-state index is 12.0. The van der Waals surface area contributed by atoms with Crippen LogP contribution in [0.5, 0.6) is 0 Å². The minimum atomic E-state index is -0.415. The van der Waals surface area contributed by atoms with E-state index in [2.05, 4.69) is 16.4 Å². The van der Waals surface area contributed by atoms with E-state index in [9.17, 15) is 10.1 Å². The van der Waals surface area contributed by atoms with Crippen molar-refractivity contribution in [1.29, 1.82) is 5.26 Å². The van der Waals surface area contributed by atoms with Gasteiger partial charge in [0.25, 0.3) is 0 Å². The number of carbonyl (C=O) groups excluding carboxylic acids is 1. The molecule has 1 saturated heterocycles. The highest BCUT2D eigenvalue weighted by atomic mass is 16.5. The van der Waals surface area contributed by atoms with Gasteiger partial charge >= 0.3 is 0 Å². The summed E-state index contributed by atoms with van der Waals surface area (Å²) in [5.74, 6) is -0.110. The SMILES string of the molecule is CNC(=O)C1COCCN1c1cc(C)nc(C)c1C#N. The lowest BCUT2D eigenvalue weighted by Gasteiger charge is -2.36. The third kappa shape index (κ3) is 2.58. The lowest BCUT2D eigenvalue weighted by molar-refractivity contribution is -0.124. The first-order chi connectivity index (χ1) is 9.58. The van der Waals surface area contributed by atoms with Crippen LogP contribution in [0.1, 0.15) is 17.0 Å². The number of hydrogen-bond donors (Lipinski definition) is 1. The number of hydrogen-bond acceptors (Lipinski definition) is 5. The normalized spacial score (nSPS) is 18.5. The molecule has 1 fully saturated rings. The van der Waals surface area contributed by atoms with Gasteiger partial charge in [0, 0.05) is 19.3 Å². The smallest absolute Gasteiger partial charge is 0.244 e. The fourth-order valence-electron chi connectivity index (χ4n) is 2.45. The molecule has 1 aliphatic heterocycles. The number of aryl methyl sites for hydroxylation is 2. The second kappa shape index (κ2) is 5.88. The van der Waals surface area contributed by atoms with Crippen molar-refractivity contribution < 1.29 is 9.53 Å². The predicted molar refractivity (Wildman–Crippen MR) is 74.4 cm³/mol. The van der Waals surface area contributed by atoms with Crippen LogP contribution >= 0.6 is 0 Å². The molecule has 1 amide bonds. The molecular weight excluding hydrogens is 256 g/mol. The first-order valence-corrected chi connectivity index (χ1v) is 6.52. The van der Waals surface area contributed by atoms with Gasteiger partial charge in [0.05, 0.1) is 30.2 Å². The fraction of sp³-hybridized carbons (Fsp3) is 0.500. The second-order valence-electron chi connectivity index (χ2n) is 4.75. The summed E-state index contributed by atoms with van der Waals surface area (Å²) in [5, 5.41) is 12.0. The molecule has 20 heavy (non-hydrogen) atoms. The van der Waals surface area contributed by atoms with Crippen LogP contribution in [-0.2, 0) is 9.53 Å². The quantitative estimate of drug-likeness (QED) is 0.850. The fourth-order valence-corrected chi connectivity index (χ4v) is 2.45. The van der Waals surface area contributed by atoms with Gasteiger partial charge in [-0.05, 0) is 19.9 Å². The van der Waals surface area contributed by atoms with Gasteiger partial charge in [-0.2, -0.15) is 5.26 Å². The predicted octanol–water partition coefficient (Wildman–Crippen LogP) is 0.521. The van der Waals surface area contributed by atoms with Crippen molar-refractivity contribution in [2.24, 2.45) is 0 Å². The highest BCUT2D eigenvalue weighted by molar-refractivity contribution is 5.86. The number of morpholine rings is 1. The van der Waals surface area contributed by atoms with Crippen molar-refractivity contribution in [2.45, 2.75) is 19.9 Å². The molecule has 0 saturated carbocycles. The number of carbonyl (C=O) groups is 1. The van der Waals surface area contributed by atoms with E-state index < -0.39 is 6.04 Å². The topological polar surface area (TPSA) is 78.2 Å². The number of pyridine rings is 1. The van der Waals surface area contributed by atoms with E-state index in [1.54, 1.807) is 7.05 Å². The summed E-state index contributed by atoms with van der Waals surface area (Å²) in [6, 6.07) is 3.63. The molecule has 1 atom stereocenters. The first-order valence-electron chi connectivity index (χ1n) is 6.52. The number of nitrogens with zero attached hydrogens (tertiary/aromatic N) is 3. The van der Waals surface area contributed by atoms with E-state index in [1.165, 1.54) is 0 Å². The molecule has 0 aliphatic carbocycles. The Kier molecular flexibility index (Phi) is 4.20. The first kappa shape index (κ1) is 14.3. The van der Waals surface area contributed by atoms with Gasteiger partial charge < -0.3 is 15.0 Å². The zero-order chi connectivity index (χ0) is 14.7. The number of likely N-dealkylation sites (N-methyl/N-ethyl adjacent to an activating group) is 1. The number of anilines is 1. The van der Waals surface area contributed by atoms with Crippen LogP contribution in [0.15, 0.2) is 6.07 Å². The molecule has 1 N–H and O–H groups in total. The Morgan fingerprint density at radius 2 is 2.35 bits per heavy atom. The zero-order valence-electron chi connectivity index (χ0n) is 11.9. The van der Waals surface area contributed by atoms with Gasteiger partial charge in [-0.3, -0.25) is 9.78 Å². The van der Waals surface area contributed by atoms with E-state index in [0.29, 0.717) is 31.0 Å². The second-order valence-corrected chi connectivity index (χ2v) is 4.75. The molecular formula is C14H18N4O2. The molecule has 2 heterocycles. The Hall–Kier alpha value is -2.13.